The Bertz CT molecular complexity index is 271. The molecule has 86 valence electrons. The Morgan fingerprint density at radius 2 is 2.07 bits per heavy atom. The van der Waals surface area contributed by atoms with E-state index in [9.17, 15) is 9.90 Å². The van der Waals surface area contributed by atoms with Crippen LogP contribution in [0.3, 0.4) is 0 Å². The van der Waals surface area contributed by atoms with Crippen LogP contribution in [0.15, 0.2) is 0 Å². The van der Waals surface area contributed by atoms with Gasteiger partial charge in [-0.3, -0.25) is 0 Å². The normalized spacial score (nSPS) is 34.7. The summed E-state index contributed by atoms with van der Waals surface area (Å²) in [4.78, 5) is 13.5. The molecule has 2 aliphatic rings. The van der Waals surface area contributed by atoms with Crippen LogP contribution in [0.5, 0.6) is 0 Å². The van der Waals surface area contributed by atoms with Crippen LogP contribution in [-0.4, -0.2) is 40.4 Å². The number of hydrogen-bond donors (Lipinski definition) is 1. The molecular weight excluding hydrogens is 194 g/mol. The highest BCUT2D eigenvalue weighted by Gasteiger charge is 2.48. The van der Waals surface area contributed by atoms with E-state index in [4.69, 9.17) is 4.74 Å². The van der Waals surface area contributed by atoms with Gasteiger partial charge in [-0.2, -0.15) is 0 Å². The average molecular weight is 213 g/mol. The second-order valence-electron chi connectivity index (χ2n) is 5.53. The number of aliphatic hydroxyl groups is 1. The Hall–Kier alpha value is -0.770. The molecule has 2 bridgehead atoms. The highest BCUT2D eigenvalue weighted by molar-refractivity contribution is 5.69. The van der Waals surface area contributed by atoms with Gasteiger partial charge in [-0.15, -0.1) is 0 Å². The fourth-order valence-electron chi connectivity index (χ4n) is 2.50. The van der Waals surface area contributed by atoms with Gasteiger partial charge in [0.2, 0.25) is 0 Å². The molecule has 1 saturated heterocycles. The number of carbonyl (C=O) groups excluding carboxylic acids is 1. The third kappa shape index (κ3) is 1.95. The number of carbonyl (C=O) groups is 1. The van der Waals surface area contributed by atoms with Crippen molar-refractivity contribution in [2.24, 2.45) is 5.92 Å². The Morgan fingerprint density at radius 3 is 2.47 bits per heavy atom. The molecule has 4 nitrogen and oxygen atoms in total. The maximum absolute atomic E-state index is 11.8. The van der Waals surface area contributed by atoms with Crippen LogP contribution in [-0.2, 0) is 4.74 Å². The number of ether oxygens (including phenoxy) is 1. The van der Waals surface area contributed by atoms with E-state index >= 15 is 0 Å². The minimum Gasteiger partial charge on any atom is -0.444 e. The van der Waals surface area contributed by atoms with E-state index in [0.29, 0.717) is 6.54 Å². The summed E-state index contributed by atoms with van der Waals surface area (Å²) in [7, 11) is 0. The second kappa shape index (κ2) is 3.37. The zero-order chi connectivity index (χ0) is 11.2. The van der Waals surface area contributed by atoms with E-state index in [-0.39, 0.29) is 24.2 Å². The highest BCUT2D eigenvalue weighted by atomic mass is 16.6. The number of hydrogen-bond acceptors (Lipinski definition) is 3. The van der Waals surface area contributed by atoms with Crippen molar-refractivity contribution in [3.05, 3.63) is 0 Å². The molecule has 0 radical (unpaired) electrons. The van der Waals surface area contributed by atoms with Crippen LogP contribution < -0.4 is 0 Å². The van der Waals surface area contributed by atoms with Crippen molar-refractivity contribution >= 4 is 6.09 Å². The van der Waals surface area contributed by atoms with Crippen molar-refractivity contribution in [1.82, 2.24) is 4.90 Å². The van der Waals surface area contributed by atoms with Crippen molar-refractivity contribution < 1.29 is 14.6 Å². The fraction of sp³-hybridized carbons (Fsp3) is 0.909. The van der Waals surface area contributed by atoms with E-state index < -0.39 is 5.60 Å². The summed E-state index contributed by atoms with van der Waals surface area (Å²) in [6.45, 7) is 6.22. The maximum Gasteiger partial charge on any atom is 0.410 e. The van der Waals surface area contributed by atoms with Gasteiger partial charge < -0.3 is 14.7 Å². The lowest BCUT2D eigenvalue weighted by Gasteiger charge is -2.29. The molecule has 1 aliphatic carbocycles. The van der Waals surface area contributed by atoms with E-state index in [2.05, 4.69) is 0 Å². The Labute approximate surface area is 90.2 Å². The standard InChI is InChI=1S/C11H19NO3/c1-11(2,3)15-10(14)12-6-7-4-5-8(12)9(7)13/h7-9,13H,4-6H2,1-3H3/t7-,8-,9?/m1/s1. The molecule has 2 fully saturated rings. The Kier molecular flexibility index (Phi) is 2.41. The van der Waals surface area contributed by atoms with Gasteiger partial charge in [0.1, 0.15) is 5.60 Å². The molecule has 1 N–H and O–H groups in total. The molecule has 2 rings (SSSR count). The second-order valence-corrected chi connectivity index (χ2v) is 5.53. The smallest absolute Gasteiger partial charge is 0.410 e. The van der Waals surface area contributed by atoms with Gasteiger partial charge in [0.05, 0.1) is 12.1 Å². The maximum atomic E-state index is 11.8. The van der Waals surface area contributed by atoms with Crippen LogP contribution in [0.2, 0.25) is 0 Å². The number of nitrogens with zero attached hydrogens (tertiary/aromatic N) is 1. The summed E-state index contributed by atoms with van der Waals surface area (Å²) >= 11 is 0. The third-order valence-corrected chi connectivity index (χ3v) is 3.17. The first-order valence-electron chi connectivity index (χ1n) is 5.56. The molecule has 0 aromatic carbocycles. The minimum atomic E-state index is -0.454. The molecule has 4 heteroatoms. The zero-order valence-electron chi connectivity index (χ0n) is 9.56. The van der Waals surface area contributed by atoms with Crippen LogP contribution in [0, 0.1) is 5.92 Å². The fourth-order valence-corrected chi connectivity index (χ4v) is 2.50. The number of aliphatic hydroxyl groups excluding tert-OH is 1. The lowest BCUT2D eigenvalue weighted by molar-refractivity contribution is 0.0151. The van der Waals surface area contributed by atoms with Gasteiger partial charge in [0, 0.05) is 12.5 Å². The van der Waals surface area contributed by atoms with Crippen LogP contribution in [0.4, 0.5) is 4.79 Å². The SMILES string of the molecule is CC(C)(C)OC(=O)N1C[C@H]2CC[C@@H]1C2O. The zero-order valence-corrected chi connectivity index (χ0v) is 9.56. The predicted molar refractivity (Wildman–Crippen MR) is 55.5 cm³/mol. The van der Waals surface area contributed by atoms with E-state index in [1.165, 1.54) is 0 Å². The first-order chi connectivity index (χ1) is 6.88. The van der Waals surface area contributed by atoms with Crippen molar-refractivity contribution in [2.75, 3.05) is 6.54 Å². The van der Waals surface area contributed by atoms with Gasteiger partial charge >= 0.3 is 6.09 Å². The monoisotopic (exact) mass is 213 g/mol. The van der Waals surface area contributed by atoms with E-state index in [1.54, 1.807) is 4.90 Å². The van der Waals surface area contributed by atoms with E-state index in [0.717, 1.165) is 12.8 Å². The van der Waals surface area contributed by atoms with Crippen molar-refractivity contribution in [1.29, 1.82) is 0 Å². The minimum absolute atomic E-state index is 0.00940. The number of fused-ring (bicyclic) bond motifs is 2. The summed E-state index contributed by atoms with van der Waals surface area (Å²) in [6.07, 6.45) is 1.32. The summed E-state index contributed by atoms with van der Waals surface area (Å²) in [5, 5.41) is 9.80. The molecule has 3 atom stereocenters. The summed E-state index contributed by atoms with van der Waals surface area (Å²) in [5.41, 5.74) is -0.454. The van der Waals surface area contributed by atoms with Gasteiger partial charge in [-0.1, -0.05) is 0 Å². The van der Waals surface area contributed by atoms with Gasteiger partial charge in [0.25, 0.3) is 0 Å². The van der Waals surface area contributed by atoms with Crippen LogP contribution >= 0.6 is 0 Å². The molecular formula is C11H19NO3. The summed E-state index contributed by atoms with van der Waals surface area (Å²) < 4.78 is 5.30. The molecule has 1 aliphatic heterocycles. The number of amides is 1. The average Bonchev–Trinajstić information content (AvgIpc) is 2.59. The largest absolute Gasteiger partial charge is 0.444 e. The molecule has 0 aromatic rings. The lowest BCUT2D eigenvalue weighted by atomic mass is 10.1. The number of likely N-dealkylation sites (tertiary alicyclic amines) is 1. The molecule has 15 heavy (non-hydrogen) atoms. The third-order valence-electron chi connectivity index (χ3n) is 3.17. The van der Waals surface area contributed by atoms with Gasteiger partial charge in [-0.25, -0.2) is 4.79 Å². The first kappa shape index (κ1) is 10.7. The quantitative estimate of drug-likeness (QED) is 0.661. The predicted octanol–water partition coefficient (Wildman–Crippen LogP) is 1.38. The molecule has 1 heterocycles. The molecule has 1 saturated carbocycles. The molecule has 0 spiro atoms. The van der Waals surface area contributed by atoms with Crippen molar-refractivity contribution in [3.63, 3.8) is 0 Å². The first-order valence-corrected chi connectivity index (χ1v) is 5.56. The Balaban J connectivity index is 1.99. The van der Waals surface area contributed by atoms with Crippen LogP contribution in [0.1, 0.15) is 33.6 Å². The van der Waals surface area contributed by atoms with Gasteiger partial charge in [0.15, 0.2) is 0 Å². The molecule has 1 amide bonds. The Morgan fingerprint density at radius 1 is 1.40 bits per heavy atom. The van der Waals surface area contributed by atoms with Gasteiger partial charge in [-0.05, 0) is 33.6 Å². The number of rotatable bonds is 0. The van der Waals surface area contributed by atoms with Crippen LogP contribution in [0.25, 0.3) is 0 Å². The summed E-state index contributed by atoms with van der Waals surface area (Å²) in [6, 6.07) is -0.00940. The lowest BCUT2D eigenvalue weighted by Crippen LogP contribution is -2.42. The highest BCUT2D eigenvalue weighted by Crippen LogP contribution is 2.38. The molecule has 0 aromatic heterocycles. The van der Waals surface area contributed by atoms with Crippen molar-refractivity contribution in [2.45, 2.75) is 51.4 Å². The van der Waals surface area contributed by atoms with E-state index in [1.807, 2.05) is 20.8 Å². The number of piperidine rings is 1. The topological polar surface area (TPSA) is 49.8 Å². The summed E-state index contributed by atoms with van der Waals surface area (Å²) in [5.74, 6) is 0.266. The molecule has 1 unspecified atom stereocenters. The van der Waals surface area contributed by atoms with Crippen molar-refractivity contribution in [3.8, 4) is 0 Å².